The van der Waals surface area contributed by atoms with E-state index in [4.69, 9.17) is 21.1 Å². The molecule has 0 radical (unpaired) electrons. The third kappa shape index (κ3) is 5.77. The topological polar surface area (TPSA) is 84.9 Å². The summed E-state index contributed by atoms with van der Waals surface area (Å²) < 4.78 is 11.2. The van der Waals surface area contributed by atoms with E-state index in [0.717, 1.165) is 10.5 Å². The predicted octanol–water partition coefficient (Wildman–Crippen LogP) is 5.15. The minimum absolute atomic E-state index is 0.173. The van der Waals surface area contributed by atoms with E-state index in [0.29, 0.717) is 41.0 Å². The van der Waals surface area contributed by atoms with Gasteiger partial charge in [0.1, 0.15) is 30.3 Å². The van der Waals surface area contributed by atoms with E-state index in [9.17, 15) is 14.4 Å². The van der Waals surface area contributed by atoms with Crippen LogP contribution in [0.4, 0.5) is 10.5 Å². The van der Waals surface area contributed by atoms with Gasteiger partial charge in [-0.2, -0.15) is 0 Å². The average molecular weight is 489 g/mol. The first-order valence-corrected chi connectivity index (χ1v) is 11.0. The Morgan fingerprint density at radius 3 is 2.37 bits per heavy atom. The van der Waals surface area contributed by atoms with Crippen LogP contribution in [0.1, 0.15) is 11.1 Å². The fraction of sp³-hybridized carbons (Fsp3) is 0.0741. The molecule has 0 spiro atoms. The van der Waals surface area contributed by atoms with Gasteiger partial charge in [-0.1, -0.05) is 48.5 Å². The van der Waals surface area contributed by atoms with Crippen molar-refractivity contribution in [3.8, 4) is 11.5 Å². The van der Waals surface area contributed by atoms with Crippen molar-refractivity contribution in [2.24, 2.45) is 0 Å². The Morgan fingerprint density at radius 1 is 0.914 bits per heavy atom. The molecule has 8 heteroatoms. The van der Waals surface area contributed by atoms with Crippen LogP contribution in [0.2, 0.25) is 5.02 Å². The van der Waals surface area contributed by atoms with Gasteiger partial charge in [-0.05, 0) is 65.7 Å². The lowest BCUT2D eigenvalue weighted by Crippen LogP contribution is -2.54. The molecular weight excluding hydrogens is 468 g/mol. The van der Waals surface area contributed by atoms with Crippen LogP contribution in [0, 0.1) is 0 Å². The normalized spacial score (nSPS) is 14.6. The zero-order valence-electron chi connectivity index (χ0n) is 18.6. The van der Waals surface area contributed by atoms with Crippen LogP contribution in [-0.2, 0) is 16.2 Å². The first-order chi connectivity index (χ1) is 16.9. The summed E-state index contributed by atoms with van der Waals surface area (Å²) in [6, 6.07) is 19.8. The number of ether oxygens (including phenoxy) is 2. The number of hydrogen-bond donors (Lipinski definition) is 1. The van der Waals surface area contributed by atoms with Crippen molar-refractivity contribution in [1.82, 2.24) is 5.32 Å². The van der Waals surface area contributed by atoms with Crippen LogP contribution in [0.5, 0.6) is 11.5 Å². The number of nitrogens with zero attached hydrogens (tertiary/aromatic N) is 1. The van der Waals surface area contributed by atoms with Gasteiger partial charge in [-0.25, -0.2) is 9.69 Å². The van der Waals surface area contributed by atoms with Crippen LogP contribution in [-0.4, -0.2) is 24.5 Å². The van der Waals surface area contributed by atoms with E-state index >= 15 is 0 Å². The Bertz CT molecular complexity index is 1300. The maximum absolute atomic E-state index is 13.1. The van der Waals surface area contributed by atoms with Crippen LogP contribution in [0.15, 0.2) is 91.0 Å². The smallest absolute Gasteiger partial charge is 0.335 e. The van der Waals surface area contributed by atoms with Gasteiger partial charge in [0, 0.05) is 5.02 Å². The van der Waals surface area contributed by atoms with Crippen molar-refractivity contribution in [2.45, 2.75) is 6.61 Å². The standard InChI is InChI=1S/C27H21ClN2O5/c1-2-14-34-23-5-3-4-19(15-23)16-24-25(31)29-27(33)30(26(24)32)21-10-12-22(13-11-21)35-17-18-6-8-20(28)9-7-18/h2-13,15-16H,1,14,17H2,(H,29,31,33)/b24-16-. The zero-order chi connectivity index (χ0) is 24.8. The summed E-state index contributed by atoms with van der Waals surface area (Å²) >= 11 is 5.89. The third-order valence-corrected chi connectivity index (χ3v) is 5.30. The molecule has 1 saturated heterocycles. The fourth-order valence-electron chi connectivity index (χ4n) is 3.35. The van der Waals surface area contributed by atoms with E-state index in [-0.39, 0.29) is 5.57 Å². The number of carbonyl (C=O) groups excluding carboxylic acids is 3. The molecule has 3 aromatic carbocycles. The number of rotatable bonds is 8. The molecule has 7 nitrogen and oxygen atoms in total. The quantitative estimate of drug-likeness (QED) is 0.269. The van der Waals surface area contributed by atoms with Crippen molar-refractivity contribution < 1.29 is 23.9 Å². The Balaban J connectivity index is 1.51. The third-order valence-electron chi connectivity index (χ3n) is 5.05. The van der Waals surface area contributed by atoms with Crippen LogP contribution >= 0.6 is 11.6 Å². The average Bonchev–Trinajstić information content (AvgIpc) is 2.86. The van der Waals surface area contributed by atoms with Crippen LogP contribution in [0.3, 0.4) is 0 Å². The van der Waals surface area contributed by atoms with Crippen LogP contribution < -0.4 is 19.7 Å². The number of benzene rings is 3. The highest BCUT2D eigenvalue weighted by Gasteiger charge is 2.36. The minimum Gasteiger partial charge on any atom is -0.490 e. The lowest BCUT2D eigenvalue weighted by Gasteiger charge is -2.26. The van der Waals surface area contributed by atoms with Gasteiger partial charge in [-0.3, -0.25) is 14.9 Å². The molecule has 0 aliphatic carbocycles. The van der Waals surface area contributed by atoms with E-state index in [1.807, 2.05) is 12.1 Å². The SMILES string of the molecule is C=CCOc1cccc(/C=C2/C(=O)NC(=O)N(c3ccc(OCc4ccc(Cl)cc4)cc3)C2=O)c1. The number of urea groups is 1. The highest BCUT2D eigenvalue weighted by molar-refractivity contribution is 6.39. The van der Waals surface area contributed by atoms with Gasteiger partial charge < -0.3 is 9.47 Å². The monoisotopic (exact) mass is 488 g/mol. The highest BCUT2D eigenvalue weighted by atomic mass is 35.5. The van der Waals surface area contributed by atoms with E-state index < -0.39 is 17.8 Å². The summed E-state index contributed by atoms with van der Waals surface area (Å²) in [5.74, 6) is -0.385. The molecule has 0 aromatic heterocycles. The maximum atomic E-state index is 13.1. The summed E-state index contributed by atoms with van der Waals surface area (Å²) in [4.78, 5) is 38.9. The molecule has 176 valence electrons. The van der Waals surface area contributed by atoms with Gasteiger partial charge in [-0.15, -0.1) is 0 Å². The van der Waals surface area contributed by atoms with Crippen molar-refractivity contribution in [3.63, 3.8) is 0 Å². The van der Waals surface area contributed by atoms with Gasteiger partial charge >= 0.3 is 6.03 Å². The van der Waals surface area contributed by atoms with Gasteiger partial charge in [0.25, 0.3) is 11.8 Å². The molecule has 4 amide bonds. The lowest BCUT2D eigenvalue weighted by atomic mass is 10.1. The highest BCUT2D eigenvalue weighted by Crippen LogP contribution is 2.25. The van der Waals surface area contributed by atoms with Crippen molar-refractivity contribution in [1.29, 1.82) is 0 Å². The Hall–Kier alpha value is -4.36. The number of amides is 4. The van der Waals surface area contributed by atoms with E-state index in [2.05, 4.69) is 11.9 Å². The summed E-state index contributed by atoms with van der Waals surface area (Å²) in [5.41, 5.74) is 1.64. The first kappa shape index (κ1) is 23.8. The van der Waals surface area contributed by atoms with E-state index in [1.54, 1.807) is 66.7 Å². The molecule has 0 atom stereocenters. The Morgan fingerprint density at radius 2 is 1.66 bits per heavy atom. The van der Waals surface area contributed by atoms with Gasteiger partial charge in [0.15, 0.2) is 0 Å². The molecule has 0 unspecified atom stereocenters. The fourth-order valence-corrected chi connectivity index (χ4v) is 3.47. The summed E-state index contributed by atoms with van der Waals surface area (Å²) in [5, 5.41) is 2.86. The summed E-state index contributed by atoms with van der Waals surface area (Å²) in [6.45, 7) is 4.25. The number of anilines is 1. The van der Waals surface area contributed by atoms with Crippen LogP contribution in [0.25, 0.3) is 6.08 Å². The number of hydrogen-bond acceptors (Lipinski definition) is 5. The van der Waals surface area contributed by atoms with E-state index in [1.165, 1.54) is 6.08 Å². The summed E-state index contributed by atoms with van der Waals surface area (Å²) in [6.07, 6.45) is 3.03. The second-order valence-electron chi connectivity index (χ2n) is 7.54. The zero-order valence-corrected chi connectivity index (χ0v) is 19.3. The molecule has 35 heavy (non-hydrogen) atoms. The molecule has 1 aliphatic heterocycles. The molecule has 0 bridgehead atoms. The molecule has 3 aromatic rings. The Kier molecular flexibility index (Phi) is 7.28. The molecule has 1 aliphatic rings. The molecule has 1 N–H and O–H groups in total. The minimum atomic E-state index is -0.824. The number of carbonyl (C=O) groups is 3. The molecule has 4 rings (SSSR count). The number of imide groups is 2. The molecular formula is C27H21ClN2O5. The lowest BCUT2D eigenvalue weighted by molar-refractivity contribution is -0.122. The van der Waals surface area contributed by atoms with Gasteiger partial charge in [0.05, 0.1) is 5.69 Å². The largest absolute Gasteiger partial charge is 0.490 e. The number of nitrogens with one attached hydrogen (secondary N) is 1. The van der Waals surface area contributed by atoms with Gasteiger partial charge in [0.2, 0.25) is 0 Å². The maximum Gasteiger partial charge on any atom is 0.335 e. The number of halogens is 1. The first-order valence-electron chi connectivity index (χ1n) is 10.7. The summed E-state index contributed by atoms with van der Waals surface area (Å²) in [7, 11) is 0. The van der Waals surface area contributed by atoms with Crippen molar-refractivity contribution in [3.05, 3.63) is 107 Å². The molecule has 1 fully saturated rings. The Labute approximate surface area is 207 Å². The van der Waals surface area contributed by atoms with Crippen molar-refractivity contribution >= 4 is 41.2 Å². The molecule has 0 saturated carbocycles. The number of barbiturate groups is 1. The predicted molar refractivity (Wildman–Crippen MR) is 133 cm³/mol. The van der Waals surface area contributed by atoms with Crippen molar-refractivity contribution in [2.75, 3.05) is 11.5 Å². The second-order valence-corrected chi connectivity index (χ2v) is 7.98. The second kappa shape index (κ2) is 10.7. The molecule has 1 heterocycles.